The number of hydrogen-bond acceptors (Lipinski definition) is 4. The van der Waals surface area contributed by atoms with Crippen LogP contribution in [0.4, 0.5) is 0 Å². The number of rotatable bonds is 10. The van der Waals surface area contributed by atoms with Crippen LogP contribution in [-0.2, 0) is 24.9 Å². The van der Waals surface area contributed by atoms with Crippen LogP contribution in [0.25, 0.3) is 0 Å². The van der Waals surface area contributed by atoms with Crippen LogP contribution in [0.5, 0.6) is 0 Å². The molecule has 28 heavy (non-hydrogen) atoms. The molecule has 1 aliphatic rings. The Morgan fingerprint density at radius 2 is 1.79 bits per heavy atom. The molecule has 1 heterocycles. The fraction of sp³-hybridized carbons (Fsp3) is 0.905. The van der Waals surface area contributed by atoms with Gasteiger partial charge in [0.25, 0.3) is 0 Å². The molecule has 7 heteroatoms. The first-order chi connectivity index (χ1) is 12.8. The summed E-state index contributed by atoms with van der Waals surface area (Å²) in [7, 11) is -3.02. The van der Waals surface area contributed by atoms with E-state index in [1.807, 2.05) is 26.8 Å². The fourth-order valence-electron chi connectivity index (χ4n) is 2.56. The highest BCUT2D eigenvalue weighted by Crippen LogP contribution is 2.37. The van der Waals surface area contributed by atoms with Crippen LogP contribution in [0.15, 0.2) is 12.7 Å². The quantitative estimate of drug-likeness (QED) is 0.398. The van der Waals surface area contributed by atoms with Gasteiger partial charge in [-0.1, -0.05) is 26.8 Å². The second kappa shape index (κ2) is 10.8. The van der Waals surface area contributed by atoms with Gasteiger partial charge in [0.05, 0.1) is 28.9 Å². The summed E-state index contributed by atoms with van der Waals surface area (Å²) in [6, 6.07) is -0.00328. The first kappa shape index (κ1) is 26.0. The van der Waals surface area contributed by atoms with E-state index in [4.69, 9.17) is 13.9 Å². The molecular weight excluding hydrogens is 390 g/mol. The van der Waals surface area contributed by atoms with Crippen molar-refractivity contribution in [1.29, 1.82) is 0 Å². The minimum absolute atomic E-state index is 0.00328. The zero-order chi connectivity index (χ0) is 21.6. The number of ether oxygens (including phenoxy) is 2. The highest BCUT2D eigenvalue weighted by molar-refractivity contribution is 7.84. The van der Waals surface area contributed by atoms with Crippen LogP contribution < -0.4 is 4.72 Å². The van der Waals surface area contributed by atoms with Crippen molar-refractivity contribution in [2.75, 3.05) is 19.8 Å². The van der Waals surface area contributed by atoms with Crippen LogP contribution >= 0.6 is 0 Å². The predicted molar refractivity (Wildman–Crippen MR) is 121 cm³/mol. The summed E-state index contributed by atoms with van der Waals surface area (Å²) in [5.41, 5.74) is 0. The molecule has 0 saturated carbocycles. The fourth-order valence-corrected chi connectivity index (χ4v) is 4.53. The zero-order valence-corrected chi connectivity index (χ0v) is 21.1. The first-order valence-electron chi connectivity index (χ1n) is 10.5. The van der Waals surface area contributed by atoms with E-state index >= 15 is 0 Å². The van der Waals surface area contributed by atoms with Gasteiger partial charge in [0, 0.05) is 18.6 Å². The van der Waals surface area contributed by atoms with Gasteiger partial charge in [-0.05, 0) is 58.2 Å². The third-order valence-corrected chi connectivity index (χ3v) is 11.8. The molecule has 0 aromatic heterocycles. The molecule has 5 nitrogen and oxygen atoms in total. The predicted octanol–water partition coefficient (Wildman–Crippen LogP) is 4.77. The van der Waals surface area contributed by atoms with Crippen molar-refractivity contribution in [2.45, 2.75) is 96.0 Å². The Balaban J connectivity index is 2.82. The Kier molecular flexibility index (Phi) is 10.0. The van der Waals surface area contributed by atoms with Gasteiger partial charge >= 0.3 is 0 Å². The van der Waals surface area contributed by atoms with Crippen molar-refractivity contribution < 1.29 is 18.1 Å². The van der Waals surface area contributed by atoms with Crippen LogP contribution in [0, 0.1) is 5.92 Å². The van der Waals surface area contributed by atoms with E-state index in [0.29, 0.717) is 6.61 Å². The van der Waals surface area contributed by atoms with E-state index in [2.05, 4.69) is 45.2 Å². The lowest BCUT2D eigenvalue weighted by Gasteiger charge is -2.38. The lowest BCUT2D eigenvalue weighted by molar-refractivity contribution is -0.182. The van der Waals surface area contributed by atoms with Crippen molar-refractivity contribution in [3.05, 3.63) is 12.7 Å². The molecule has 0 aromatic carbocycles. The van der Waals surface area contributed by atoms with Gasteiger partial charge < -0.3 is 13.9 Å². The van der Waals surface area contributed by atoms with Crippen molar-refractivity contribution in [2.24, 2.45) is 5.92 Å². The lowest BCUT2D eigenvalue weighted by atomic mass is 9.97. The molecule has 0 bridgehead atoms. The third-order valence-electron chi connectivity index (χ3n) is 5.69. The SMILES string of the molecule is C=C[C@H](CO[Si](C)(C)C(C)(C)C)[C@H](CCC1OCCCO1)N[S@](=O)C(C)(C)C. The van der Waals surface area contributed by atoms with Gasteiger partial charge in [-0.15, -0.1) is 6.58 Å². The minimum atomic E-state index is -1.86. The summed E-state index contributed by atoms with van der Waals surface area (Å²) < 4.78 is 33.6. The van der Waals surface area contributed by atoms with E-state index in [0.717, 1.165) is 32.5 Å². The first-order valence-corrected chi connectivity index (χ1v) is 14.5. The van der Waals surface area contributed by atoms with Crippen LogP contribution in [-0.4, -0.2) is 49.4 Å². The molecule has 1 fully saturated rings. The van der Waals surface area contributed by atoms with Crippen LogP contribution in [0.1, 0.15) is 60.8 Å². The summed E-state index contributed by atoms with van der Waals surface area (Å²) in [5, 5.41) is 0.152. The summed E-state index contributed by atoms with van der Waals surface area (Å²) in [6.45, 7) is 23.3. The Morgan fingerprint density at radius 1 is 1.21 bits per heavy atom. The summed E-state index contributed by atoms with van der Waals surface area (Å²) >= 11 is 0. The van der Waals surface area contributed by atoms with E-state index < -0.39 is 19.3 Å². The minimum Gasteiger partial charge on any atom is -0.416 e. The highest BCUT2D eigenvalue weighted by Gasteiger charge is 2.38. The Hall–Kier alpha value is -0.0531. The van der Waals surface area contributed by atoms with E-state index in [1.54, 1.807) is 0 Å². The molecule has 1 N–H and O–H groups in total. The van der Waals surface area contributed by atoms with Gasteiger partial charge in [0.1, 0.15) is 0 Å². The van der Waals surface area contributed by atoms with Crippen LogP contribution in [0.2, 0.25) is 18.1 Å². The summed E-state index contributed by atoms with van der Waals surface area (Å²) in [6.07, 6.45) is 4.27. The molecule has 0 aromatic rings. The van der Waals surface area contributed by atoms with Crippen molar-refractivity contribution in [3.63, 3.8) is 0 Å². The Bertz CT molecular complexity index is 508. The van der Waals surface area contributed by atoms with E-state index in [-0.39, 0.29) is 28.0 Å². The van der Waals surface area contributed by atoms with Crippen molar-refractivity contribution in [3.8, 4) is 0 Å². The molecule has 0 aliphatic carbocycles. The maximum Gasteiger partial charge on any atom is 0.192 e. The molecule has 3 atom stereocenters. The topological polar surface area (TPSA) is 56.8 Å². The summed E-state index contributed by atoms with van der Waals surface area (Å²) in [5.74, 6) is 0.0732. The molecular formula is C21H43NO4SSi. The average Bonchev–Trinajstić information content (AvgIpc) is 2.58. The van der Waals surface area contributed by atoms with Gasteiger partial charge in [-0.2, -0.15) is 0 Å². The largest absolute Gasteiger partial charge is 0.416 e. The van der Waals surface area contributed by atoms with E-state index in [9.17, 15) is 4.21 Å². The standard InChI is InChI=1S/C21H43NO4SSi/c1-10-17(16-26-28(8,9)21(5,6)7)18(22-27(23)20(2,3)4)12-13-19-24-14-11-15-25-19/h10,17-19,22H,1,11-16H2,2-9H3/t17-,18+,27-/m1/s1. The van der Waals surface area contributed by atoms with Gasteiger partial charge in [0.2, 0.25) is 0 Å². The maximum atomic E-state index is 12.8. The van der Waals surface area contributed by atoms with Crippen molar-refractivity contribution in [1.82, 2.24) is 4.72 Å². The maximum absolute atomic E-state index is 12.8. The molecule has 0 unspecified atom stereocenters. The Labute approximate surface area is 176 Å². The molecule has 1 aliphatic heterocycles. The van der Waals surface area contributed by atoms with Crippen molar-refractivity contribution >= 4 is 19.3 Å². The van der Waals surface area contributed by atoms with Gasteiger partial charge in [-0.25, -0.2) is 8.93 Å². The molecule has 166 valence electrons. The van der Waals surface area contributed by atoms with Gasteiger partial charge in [0.15, 0.2) is 14.6 Å². The highest BCUT2D eigenvalue weighted by atomic mass is 32.2. The number of hydrogen-bond donors (Lipinski definition) is 1. The monoisotopic (exact) mass is 433 g/mol. The van der Waals surface area contributed by atoms with Crippen LogP contribution in [0.3, 0.4) is 0 Å². The molecule has 0 radical (unpaired) electrons. The summed E-state index contributed by atoms with van der Waals surface area (Å²) in [4.78, 5) is 0. The average molecular weight is 434 g/mol. The zero-order valence-electron chi connectivity index (χ0n) is 19.3. The molecule has 0 spiro atoms. The molecule has 1 rings (SSSR count). The third kappa shape index (κ3) is 8.36. The molecule has 1 saturated heterocycles. The van der Waals surface area contributed by atoms with E-state index in [1.165, 1.54) is 0 Å². The van der Waals surface area contributed by atoms with Gasteiger partial charge in [-0.3, -0.25) is 0 Å². The second-order valence-corrected chi connectivity index (χ2v) is 17.0. The normalized spacial score (nSPS) is 20.6. The second-order valence-electron chi connectivity index (χ2n) is 10.2. The smallest absolute Gasteiger partial charge is 0.192 e. The Morgan fingerprint density at radius 3 is 2.25 bits per heavy atom. The lowest BCUT2D eigenvalue weighted by Crippen LogP contribution is -2.47. The molecule has 0 amide bonds. The number of nitrogens with one attached hydrogen (secondary N) is 1.